The topological polar surface area (TPSA) is 37.4 Å². The van der Waals surface area contributed by atoms with Crippen molar-refractivity contribution in [2.24, 2.45) is 11.8 Å². The van der Waals surface area contributed by atoms with Gasteiger partial charge in [0.25, 0.3) is 0 Å². The van der Waals surface area contributed by atoms with Crippen molar-refractivity contribution in [1.29, 1.82) is 0 Å². The van der Waals surface area contributed by atoms with Gasteiger partial charge < -0.3 is 0 Å². The first-order chi connectivity index (χ1) is 14.1. The number of imide groups is 1. The average molecular weight is 379 g/mol. The van der Waals surface area contributed by atoms with Crippen LogP contribution in [0.3, 0.4) is 0 Å². The van der Waals surface area contributed by atoms with E-state index in [0.29, 0.717) is 0 Å². The molecule has 3 aromatic rings. The van der Waals surface area contributed by atoms with Gasteiger partial charge in [-0.15, -0.1) is 0 Å². The Morgan fingerprint density at radius 1 is 0.621 bits per heavy atom. The van der Waals surface area contributed by atoms with Crippen molar-refractivity contribution in [1.82, 2.24) is 0 Å². The molecule has 2 unspecified atom stereocenters. The van der Waals surface area contributed by atoms with Crippen molar-refractivity contribution in [2.75, 3.05) is 4.90 Å². The highest BCUT2D eigenvalue weighted by Crippen LogP contribution is 2.61. The van der Waals surface area contributed by atoms with E-state index in [0.717, 1.165) is 16.8 Å². The fourth-order valence-corrected chi connectivity index (χ4v) is 5.89. The lowest BCUT2D eigenvalue weighted by Crippen LogP contribution is -2.41. The van der Waals surface area contributed by atoms with Gasteiger partial charge in [-0.25, -0.2) is 4.90 Å². The molecule has 4 aliphatic rings. The zero-order chi connectivity index (χ0) is 19.9. The van der Waals surface area contributed by atoms with Gasteiger partial charge in [0.05, 0.1) is 17.5 Å². The van der Waals surface area contributed by atoms with Crippen molar-refractivity contribution < 1.29 is 9.59 Å². The standard InChI is InChI=1S/C26H21NO2/c1-14-8-7-13-20(15(14)2)27-25(28)23-21-16-9-3-4-10-17(16)22(24(23)26(27)29)19-12-6-5-11-18(19)21/h3-13,21-24H,1-2H3. The van der Waals surface area contributed by atoms with E-state index in [9.17, 15) is 9.59 Å². The Balaban J connectivity index is 1.59. The molecule has 0 aromatic heterocycles. The predicted octanol–water partition coefficient (Wildman–Crippen LogP) is 4.70. The number of carbonyl (C=O) groups is 2. The molecular weight excluding hydrogens is 358 g/mol. The van der Waals surface area contributed by atoms with Crippen LogP contribution in [0.1, 0.15) is 45.2 Å². The second-order valence-corrected chi connectivity index (χ2v) is 8.50. The van der Waals surface area contributed by atoms with Crippen LogP contribution in [0.15, 0.2) is 66.7 Å². The molecule has 1 aliphatic heterocycles. The summed E-state index contributed by atoms with van der Waals surface area (Å²) in [5.41, 5.74) is 7.66. The molecule has 3 nitrogen and oxygen atoms in total. The molecule has 7 rings (SSSR count). The molecule has 0 spiro atoms. The summed E-state index contributed by atoms with van der Waals surface area (Å²) in [6, 6.07) is 22.6. The highest BCUT2D eigenvalue weighted by molar-refractivity contribution is 6.23. The highest BCUT2D eigenvalue weighted by Gasteiger charge is 2.61. The van der Waals surface area contributed by atoms with Crippen LogP contribution >= 0.6 is 0 Å². The summed E-state index contributed by atoms with van der Waals surface area (Å²) in [4.78, 5) is 28.9. The van der Waals surface area contributed by atoms with Gasteiger partial charge in [0, 0.05) is 11.8 Å². The third-order valence-electron chi connectivity index (χ3n) is 7.27. The molecule has 3 aliphatic carbocycles. The molecule has 0 saturated carbocycles. The Morgan fingerprint density at radius 3 is 1.52 bits per heavy atom. The summed E-state index contributed by atoms with van der Waals surface area (Å²) in [6.07, 6.45) is 0. The first-order valence-corrected chi connectivity index (χ1v) is 10.2. The number of hydrogen-bond acceptors (Lipinski definition) is 2. The SMILES string of the molecule is Cc1cccc(N2C(=O)C3C4c5ccccc5C(c5ccccc54)C3C2=O)c1C. The number of anilines is 1. The van der Waals surface area contributed by atoms with Gasteiger partial charge in [0.1, 0.15) is 0 Å². The van der Waals surface area contributed by atoms with Gasteiger partial charge >= 0.3 is 0 Å². The van der Waals surface area contributed by atoms with E-state index >= 15 is 0 Å². The quantitative estimate of drug-likeness (QED) is 0.575. The van der Waals surface area contributed by atoms with Crippen molar-refractivity contribution in [3.63, 3.8) is 0 Å². The average Bonchev–Trinajstić information content (AvgIpc) is 3.01. The van der Waals surface area contributed by atoms with E-state index < -0.39 is 0 Å². The predicted molar refractivity (Wildman–Crippen MR) is 112 cm³/mol. The summed E-state index contributed by atoms with van der Waals surface area (Å²) in [7, 11) is 0. The molecule has 0 N–H and O–H groups in total. The van der Waals surface area contributed by atoms with Crippen LogP contribution in [-0.2, 0) is 9.59 Å². The number of hydrogen-bond donors (Lipinski definition) is 0. The lowest BCUT2D eigenvalue weighted by atomic mass is 9.55. The number of benzene rings is 3. The van der Waals surface area contributed by atoms with E-state index in [1.807, 2.05) is 56.3 Å². The minimum atomic E-state index is -0.322. The molecule has 2 bridgehead atoms. The van der Waals surface area contributed by atoms with Gasteiger partial charge in [0.15, 0.2) is 0 Å². The van der Waals surface area contributed by atoms with Crippen molar-refractivity contribution in [2.45, 2.75) is 25.7 Å². The van der Waals surface area contributed by atoms with E-state index in [4.69, 9.17) is 0 Å². The summed E-state index contributed by atoms with van der Waals surface area (Å²) in [6.45, 7) is 4.01. The smallest absolute Gasteiger partial charge is 0.238 e. The van der Waals surface area contributed by atoms with E-state index in [2.05, 4.69) is 24.3 Å². The minimum absolute atomic E-state index is 0.0484. The molecule has 0 radical (unpaired) electrons. The van der Waals surface area contributed by atoms with Crippen LogP contribution in [0.5, 0.6) is 0 Å². The van der Waals surface area contributed by atoms with Crippen molar-refractivity contribution in [3.05, 3.63) is 100 Å². The third kappa shape index (κ3) is 1.97. The maximum atomic E-state index is 13.7. The lowest BCUT2D eigenvalue weighted by Gasteiger charge is -2.45. The molecule has 3 aromatic carbocycles. The summed E-state index contributed by atoms with van der Waals surface area (Å²) in [5.74, 6) is -0.845. The number of nitrogens with zero attached hydrogens (tertiary/aromatic N) is 1. The highest BCUT2D eigenvalue weighted by atomic mass is 16.2. The Kier molecular flexibility index (Phi) is 3.27. The monoisotopic (exact) mass is 379 g/mol. The fourth-order valence-electron chi connectivity index (χ4n) is 5.89. The zero-order valence-electron chi connectivity index (χ0n) is 16.4. The van der Waals surface area contributed by atoms with Crippen LogP contribution in [0.2, 0.25) is 0 Å². The second kappa shape index (κ2) is 5.66. The Labute approximate surface area is 170 Å². The molecule has 1 saturated heterocycles. The van der Waals surface area contributed by atoms with Crippen molar-refractivity contribution in [3.8, 4) is 0 Å². The first kappa shape index (κ1) is 16.7. The van der Waals surface area contributed by atoms with Crippen LogP contribution in [0.4, 0.5) is 5.69 Å². The van der Waals surface area contributed by atoms with Gasteiger partial charge in [-0.1, -0.05) is 60.7 Å². The summed E-state index contributed by atoms with van der Waals surface area (Å²) < 4.78 is 0. The lowest BCUT2D eigenvalue weighted by molar-refractivity contribution is -0.122. The number of carbonyl (C=O) groups excluding carboxylic acids is 2. The normalized spacial score (nSPS) is 26.3. The molecule has 1 heterocycles. The van der Waals surface area contributed by atoms with E-state index in [-0.39, 0.29) is 35.5 Å². The molecular formula is C26H21NO2. The number of aryl methyl sites for hydroxylation is 1. The Bertz CT molecular complexity index is 1100. The van der Waals surface area contributed by atoms with Crippen LogP contribution in [-0.4, -0.2) is 11.8 Å². The maximum Gasteiger partial charge on any atom is 0.238 e. The maximum absolute atomic E-state index is 13.7. The molecule has 1 fully saturated rings. The van der Waals surface area contributed by atoms with Crippen LogP contribution in [0.25, 0.3) is 0 Å². The van der Waals surface area contributed by atoms with E-state index in [1.165, 1.54) is 27.2 Å². The zero-order valence-corrected chi connectivity index (χ0v) is 16.4. The first-order valence-electron chi connectivity index (χ1n) is 10.2. The summed E-state index contributed by atoms with van der Waals surface area (Å²) >= 11 is 0. The minimum Gasteiger partial charge on any atom is -0.274 e. The van der Waals surface area contributed by atoms with Crippen LogP contribution < -0.4 is 4.90 Å². The van der Waals surface area contributed by atoms with Gasteiger partial charge in [-0.2, -0.15) is 0 Å². The molecule has 29 heavy (non-hydrogen) atoms. The Morgan fingerprint density at radius 2 is 1.07 bits per heavy atom. The van der Waals surface area contributed by atoms with Crippen LogP contribution in [0, 0.1) is 25.7 Å². The largest absolute Gasteiger partial charge is 0.274 e. The second-order valence-electron chi connectivity index (χ2n) is 8.50. The summed E-state index contributed by atoms with van der Waals surface area (Å²) in [5, 5.41) is 0. The fraction of sp³-hybridized carbons (Fsp3) is 0.231. The molecule has 2 amide bonds. The van der Waals surface area contributed by atoms with Gasteiger partial charge in [0.2, 0.25) is 11.8 Å². The number of rotatable bonds is 1. The Hall–Kier alpha value is -3.20. The van der Waals surface area contributed by atoms with E-state index in [1.54, 1.807) is 0 Å². The molecule has 142 valence electrons. The number of amides is 2. The van der Waals surface area contributed by atoms with Gasteiger partial charge in [-0.05, 0) is 53.3 Å². The van der Waals surface area contributed by atoms with Gasteiger partial charge in [-0.3, -0.25) is 9.59 Å². The molecule has 2 atom stereocenters. The molecule has 3 heteroatoms. The third-order valence-corrected chi connectivity index (χ3v) is 7.27. The van der Waals surface area contributed by atoms with Crippen molar-refractivity contribution >= 4 is 17.5 Å².